The number of hydrogen-bond acceptors (Lipinski definition) is 7. The molecule has 1 aliphatic carbocycles. The fraction of sp³-hybridized carbons (Fsp3) is 0.640. The molecule has 0 atom stereocenters. The molecule has 8 nitrogen and oxygen atoms in total. The van der Waals surface area contributed by atoms with Gasteiger partial charge >= 0.3 is 0 Å². The van der Waals surface area contributed by atoms with Gasteiger partial charge in [-0.3, -0.25) is 4.79 Å². The zero-order valence-corrected chi connectivity index (χ0v) is 23.0. The molecule has 1 saturated heterocycles. The van der Waals surface area contributed by atoms with E-state index in [-0.39, 0.29) is 36.8 Å². The molecule has 1 amide bonds. The number of halogens is 2. The molecule has 4 rings (SSSR count). The molecule has 1 aliphatic heterocycles. The van der Waals surface area contributed by atoms with Gasteiger partial charge in [0.05, 0.1) is 0 Å². The predicted molar refractivity (Wildman–Crippen MR) is 146 cm³/mol. The van der Waals surface area contributed by atoms with Gasteiger partial charge in [-0.2, -0.15) is 0 Å². The predicted octanol–water partition coefficient (Wildman–Crippen LogP) is 4.24. The Morgan fingerprint density at radius 3 is 2.20 bits per heavy atom. The van der Waals surface area contributed by atoms with E-state index < -0.39 is 0 Å². The molecule has 0 aromatic carbocycles. The molecule has 2 aliphatic rings. The maximum absolute atomic E-state index is 13.1. The van der Waals surface area contributed by atoms with Crippen molar-refractivity contribution in [2.75, 3.05) is 37.0 Å². The molecule has 0 unspecified atom stereocenters. The van der Waals surface area contributed by atoms with E-state index >= 15 is 0 Å². The SMILES string of the molecule is Cc1nc(CCc2nc(C(=O)NC3CCCCC3)cc(N3CCCC3)n2)nc(N(C)C)c1C.Cl.Cl. The number of anilines is 2. The standard InChI is InChI=1S/C25H37N7O.2ClH/c1-17-18(2)26-21(30-24(17)31(3)4)12-13-22-28-20(16-23(29-22)32-14-8-9-15-32)25(33)27-19-10-6-5-7-11-19;;/h16,19H,5-15H2,1-4H3,(H,27,33);2*1H. The summed E-state index contributed by atoms with van der Waals surface area (Å²) >= 11 is 0. The van der Waals surface area contributed by atoms with Crippen LogP contribution in [0.5, 0.6) is 0 Å². The number of aryl methyl sites for hydroxylation is 3. The molecule has 2 aromatic heterocycles. The summed E-state index contributed by atoms with van der Waals surface area (Å²) in [6.45, 7) is 6.03. The lowest BCUT2D eigenvalue weighted by Crippen LogP contribution is -2.37. The van der Waals surface area contributed by atoms with Gasteiger partial charge in [0.2, 0.25) is 0 Å². The van der Waals surface area contributed by atoms with E-state index in [1.54, 1.807) is 0 Å². The first-order chi connectivity index (χ1) is 15.9. The van der Waals surface area contributed by atoms with Crippen molar-refractivity contribution in [2.45, 2.75) is 77.7 Å². The van der Waals surface area contributed by atoms with Crippen molar-refractivity contribution in [1.82, 2.24) is 25.3 Å². The molecule has 0 spiro atoms. The molecular formula is C25H39Cl2N7O. The molecule has 1 saturated carbocycles. The number of hydrogen-bond donors (Lipinski definition) is 1. The second kappa shape index (κ2) is 13.2. The zero-order chi connectivity index (χ0) is 23.4. The molecule has 10 heteroatoms. The highest BCUT2D eigenvalue weighted by atomic mass is 35.5. The minimum Gasteiger partial charge on any atom is -0.362 e. The summed E-state index contributed by atoms with van der Waals surface area (Å²) in [4.78, 5) is 36.3. The topological polar surface area (TPSA) is 87.1 Å². The van der Waals surface area contributed by atoms with Gasteiger partial charge in [0.25, 0.3) is 5.91 Å². The third-order valence-corrected chi connectivity index (χ3v) is 6.77. The summed E-state index contributed by atoms with van der Waals surface area (Å²) < 4.78 is 0. The van der Waals surface area contributed by atoms with Gasteiger partial charge in [-0.05, 0) is 39.5 Å². The first kappa shape index (κ1) is 29.0. The number of amides is 1. The normalized spacial score (nSPS) is 15.8. The summed E-state index contributed by atoms with van der Waals surface area (Å²) in [5.74, 6) is 3.19. The number of nitrogens with zero attached hydrogens (tertiary/aromatic N) is 6. The largest absolute Gasteiger partial charge is 0.362 e. The summed E-state index contributed by atoms with van der Waals surface area (Å²) in [7, 11) is 4.00. The van der Waals surface area contributed by atoms with Crippen molar-refractivity contribution in [1.29, 1.82) is 0 Å². The van der Waals surface area contributed by atoms with E-state index in [0.717, 1.165) is 67.5 Å². The average molecular weight is 525 g/mol. The average Bonchev–Trinajstić information content (AvgIpc) is 3.35. The van der Waals surface area contributed by atoms with Crippen LogP contribution in [-0.2, 0) is 12.8 Å². The Hall–Kier alpha value is -2.19. The Bertz CT molecular complexity index is 990. The first-order valence-corrected chi connectivity index (χ1v) is 12.4. The summed E-state index contributed by atoms with van der Waals surface area (Å²) in [6, 6.07) is 2.12. The minimum absolute atomic E-state index is 0. The van der Waals surface area contributed by atoms with Crippen LogP contribution in [0.1, 0.15) is 78.3 Å². The third kappa shape index (κ3) is 7.40. The maximum Gasteiger partial charge on any atom is 0.270 e. The van der Waals surface area contributed by atoms with Gasteiger partial charge in [0, 0.05) is 63.4 Å². The van der Waals surface area contributed by atoms with Gasteiger partial charge in [-0.25, -0.2) is 19.9 Å². The van der Waals surface area contributed by atoms with Crippen molar-refractivity contribution < 1.29 is 4.79 Å². The maximum atomic E-state index is 13.1. The highest BCUT2D eigenvalue weighted by Gasteiger charge is 2.21. The van der Waals surface area contributed by atoms with Crippen LogP contribution in [0.4, 0.5) is 11.6 Å². The molecule has 194 valence electrons. The Labute approximate surface area is 221 Å². The van der Waals surface area contributed by atoms with E-state index in [4.69, 9.17) is 9.97 Å². The second-order valence-corrected chi connectivity index (χ2v) is 9.60. The highest BCUT2D eigenvalue weighted by Crippen LogP contribution is 2.22. The monoisotopic (exact) mass is 523 g/mol. The Morgan fingerprint density at radius 2 is 1.57 bits per heavy atom. The molecule has 0 radical (unpaired) electrons. The van der Waals surface area contributed by atoms with Gasteiger partial charge in [0.15, 0.2) is 0 Å². The Morgan fingerprint density at radius 1 is 0.943 bits per heavy atom. The van der Waals surface area contributed by atoms with Crippen LogP contribution < -0.4 is 15.1 Å². The van der Waals surface area contributed by atoms with Crippen molar-refractivity contribution in [3.05, 3.63) is 34.7 Å². The molecule has 1 N–H and O–H groups in total. The lowest BCUT2D eigenvalue weighted by molar-refractivity contribution is 0.0922. The van der Waals surface area contributed by atoms with Gasteiger partial charge < -0.3 is 15.1 Å². The van der Waals surface area contributed by atoms with E-state index in [0.29, 0.717) is 24.4 Å². The van der Waals surface area contributed by atoms with Crippen molar-refractivity contribution in [3.8, 4) is 0 Å². The Balaban J connectivity index is 0.00000216. The van der Waals surface area contributed by atoms with Gasteiger partial charge in [-0.1, -0.05) is 19.3 Å². The van der Waals surface area contributed by atoms with Crippen LogP contribution in [0.2, 0.25) is 0 Å². The lowest BCUT2D eigenvalue weighted by Gasteiger charge is -2.23. The van der Waals surface area contributed by atoms with E-state index in [2.05, 4.69) is 20.2 Å². The van der Waals surface area contributed by atoms with E-state index in [1.165, 1.54) is 19.3 Å². The van der Waals surface area contributed by atoms with Crippen LogP contribution in [0.15, 0.2) is 6.07 Å². The van der Waals surface area contributed by atoms with E-state index in [9.17, 15) is 4.79 Å². The minimum atomic E-state index is -0.0803. The van der Waals surface area contributed by atoms with Crippen LogP contribution >= 0.6 is 24.8 Å². The molecule has 2 aromatic rings. The number of rotatable bonds is 7. The number of nitrogens with one attached hydrogen (secondary N) is 1. The lowest BCUT2D eigenvalue weighted by atomic mass is 9.95. The van der Waals surface area contributed by atoms with Crippen molar-refractivity contribution >= 4 is 42.4 Å². The Kier molecular flexibility index (Phi) is 11.0. The van der Waals surface area contributed by atoms with E-state index in [1.807, 2.05) is 38.9 Å². The summed E-state index contributed by atoms with van der Waals surface area (Å²) in [5.41, 5.74) is 2.56. The van der Waals surface area contributed by atoms with Crippen LogP contribution in [-0.4, -0.2) is 59.1 Å². The molecule has 0 bridgehead atoms. The summed E-state index contributed by atoms with van der Waals surface area (Å²) in [6.07, 6.45) is 9.30. The number of carbonyl (C=O) groups is 1. The van der Waals surface area contributed by atoms with Gasteiger partial charge in [0.1, 0.15) is 29.0 Å². The number of aromatic nitrogens is 4. The molecule has 35 heavy (non-hydrogen) atoms. The molecule has 2 fully saturated rings. The fourth-order valence-electron chi connectivity index (χ4n) is 4.77. The fourth-order valence-corrected chi connectivity index (χ4v) is 4.77. The third-order valence-electron chi connectivity index (χ3n) is 6.77. The van der Waals surface area contributed by atoms with Crippen molar-refractivity contribution in [2.24, 2.45) is 0 Å². The van der Waals surface area contributed by atoms with Crippen LogP contribution in [0.3, 0.4) is 0 Å². The van der Waals surface area contributed by atoms with Crippen molar-refractivity contribution in [3.63, 3.8) is 0 Å². The molecule has 3 heterocycles. The smallest absolute Gasteiger partial charge is 0.270 e. The first-order valence-electron chi connectivity index (χ1n) is 12.4. The van der Waals surface area contributed by atoms with Crippen LogP contribution in [0.25, 0.3) is 0 Å². The van der Waals surface area contributed by atoms with Crippen LogP contribution in [0, 0.1) is 13.8 Å². The van der Waals surface area contributed by atoms with Gasteiger partial charge in [-0.15, -0.1) is 24.8 Å². The number of carbonyl (C=O) groups excluding carboxylic acids is 1. The summed E-state index contributed by atoms with van der Waals surface area (Å²) in [5, 5.41) is 3.21. The highest BCUT2D eigenvalue weighted by molar-refractivity contribution is 5.93. The zero-order valence-electron chi connectivity index (χ0n) is 21.3. The quantitative estimate of drug-likeness (QED) is 0.580. The molecular weight excluding hydrogens is 485 g/mol. The second-order valence-electron chi connectivity index (χ2n) is 9.60.